The van der Waals surface area contributed by atoms with Crippen molar-refractivity contribution in [3.8, 4) is 66.8 Å². The Morgan fingerprint density at radius 1 is 0.273 bits per heavy atom. The molecule has 66 heavy (non-hydrogen) atoms. The Bertz CT molecular complexity index is 3670. The fourth-order valence-electron chi connectivity index (χ4n) is 9.67. The van der Waals surface area contributed by atoms with Crippen LogP contribution in [-0.2, 0) is 0 Å². The highest BCUT2D eigenvalue weighted by Crippen LogP contribution is 2.46. The molecule has 0 saturated heterocycles. The maximum Gasteiger partial charge on any atom is 0.143 e. The highest BCUT2D eigenvalue weighted by Gasteiger charge is 2.21. The van der Waals surface area contributed by atoms with Crippen LogP contribution >= 0.6 is 0 Å². The zero-order valence-electron chi connectivity index (χ0n) is 36.2. The number of rotatable bonds is 9. The number of hydrogen-bond donors (Lipinski definition) is 0. The molecule has 0 amide bonds. The molecular formula is C64H43NO. The molecule has 2 nitrogen and oxygen atoms in total. The van der Waals surface area contributed by atoms with Gasteiger partial charge in [-0.2, -0.15) is 0 Å². The largest absolute Gasteiger partial charge is 0.455 e. The van der Waals surface area contributed by atoms with Crippen molar-refractivity contribution in [2.75, 3.05) is 4.90 Å². The van der Waals surface area contributed by atoms with Gasteiger partial charge in [0.05, 0.1) is 5.69 Å². The van der Waals surface area contributed by atoms with E-state index < -0.39 is 0 Å². The molecule has 0 N–H and O–H groups in total. The highest BCUT2D eigenvalue weighted by atomic mass is 16.3. The topological polar surface area (TPSA) is 16.4 Å². The average Bonchev–Trinajstić information content (AvgIpc) is 3.80. The Balaban J connectivity index is 0.992. The van der Waals surface area contributed by atoms with Gasteiger partial charge in [-0.15, -0.1) is 0 Å². The molecule has 12 aromatic rings. The van der Waals surface area contributed by atoms with Gasteiger partial charge in [0, 0.05) is 33.1 Å². The van der Waals surface area contributed by atoms with Gasteiger partial charge in [0.1, 0.15) is 11.2 Å². The molecule has 0 fully saturated rings. The van der Waals surface area contributed by atoms with E-state index in [2.05, 4.69) is 266 Å². The summed E-state index contributed by atoms with van der Waals surface area (Å²) in [7, 11) is 0. The quantitative estimate of drug-likeness (QED) is 0.144. The third kappa shape index (κ3) is 7.12. The summed E-state index contributed by atoms with van der Waals surface area (Å²) >= 11 is 0. The maximum atomic E-state index is 6.70. The Hall–Kier alpha value is -8.72. The molecule has 12 rings (SSSR count). The first-order chi connectivity index (χ1) is 32.7. The molecular weight excluding hydrogens is 799 g/mol. The summed E-state index contributed by atoms with van der Waals surface area (Å²) in [4.78, 5) is 2.40. The van der Waals surface area contributed by atoms with Crippen LogP contribution in [-0.4, -0.2) is 0 Å². The second-order valence-electron chi connectivity index (χ2n) is 16.8. The molecule has 1 aromatic heterocycles. The van der Waals surface area contributed by atoms with Gasteiger partial charge >= 0.3 is 0 Å². The Morgan fingerprint density at radius 2 is 0.773 bits per heavy atom. The normalized spacial score (nSPS) is 11.3. The van der Waals surface area contributed by atoms with Gasteiger partial charge in [0.25, 0.3) is 0 Å². The van der Waals surface area contributed by atoms with Crippen LogP contribution in [0.2, 0.25) is 0 Å². The summed E-state index contributed by atoms with van der Waals surface area (Å²) in [6, 6.07) is 93.8. The monoisotopic (exact) mass is 841 g/mol. The lowest BCUT2D eigenvalue weighted by Gasteiger charge is -2.28. The van der Waals surface area contributed by atoms with Crippen LogP contribution in [0.3, 0.4) is 0 Å². The van der Waals surface area contributed by atoms with Crippen molar-refractivity contribution in [3.63, 3.8) is 0 Å². The van der Waals surface area contributed by atoms with E-state index in [-0.39, 0.29) is 0 Å². The van der Waals surface area contributed by atoms with E-state index in [4.69, 9.17) is 4.42 Å². The van der Waals surface area contributed by atoms with Gasteiger partial charge in [0.15, 0.2) is 0 Å². The van der Waals surface area contributed by atoms with E-state index >= 15 is 0 Å². The van der Waals surface area contributed by atoms with Crippen LogP contribution in [0.1, 0.15) is 0 Å². The zero-order valence-corrected chi connectivity index (χ0v) is 36.2. The molecule has 1 heterocycles. The number of para-hydroxylation sites is 1. The molecule has 310 valence electrons. The van der Waals surface area contributed by atoms with Crippen LogP contribution in [0.5, 0.6) is 0 Å². The van der Waals surface area contributed by atoms with Crippen molar-refractivity contribution in [2.24, 2.45) is 0 Å². The van der Waals surface area contributed by atoms with E-state index in [1.165, 1.54) is 49.9 Å². The summed E-state index contributed by atoms with van der Waals surface area (Å²) in [6.45, 7) is 0. The minimum absolute atomic E-state index is 0.875. The lowest BCUT2D eigenvalue weighted by molar-refractivity contribution is 0.673. The summed E-state index contributed by atoms with van der Waals surface area (Å²) in [5, 5.41) is 4.51. The Morgan fingerprint density at radius 3 is 1.45 bits per heavy atom. The molecule has 0 radical (unpaired) electrons. The van der Waals surface area contributed by atoms with Crippen molar-refractivity contribution in [1.82, 2.24) is 0 Å². The first-order valence-electron chi connectivity index (χ1n) is 22.6. The first kappa shape index (κ1) is 38.9. The van der Waals surface area contributed by atoms with Crippen LogP contribution in [0.25, 0.3) is 99.5 Å². The van der Waals surface area contributed by atoms with Crippen molar-refractivity contribution in [2.45, 2.75) is 0 Å². The first-order valence-corrected chi connectivity index (χ1v) is 22.6. The smallest absolute Gasteiger partial charge is 0.143 e. The SMILES string of the molecule is c1ccc(-c2cccc(-c3ccc(N(c4ccc(-c5ccc(-c6ccccc6)c(-c6ccccc6)c5)cc4)c4ccccc4-c4cccc5oc6c7ccccc7ccc6c45)cc3)c2)cc1. The maximum absolute atomic E-state index is 6.70. The third-order valence-electron chi connectivity index (χ3n) is 12.9. The van der Waals surface area contributed by atoms with E-state index in [9.17, 15) is 0 Å². The summed E-state index contributed by atoms with van der Waals surface area (Å²) in [5.41, 5.74) is 19.1. The number of furan rings is 1. The van der Waals surface area contributed by atoms with Crippen LogP contribution < -0.4 is 4.90 Å². The molecule has 0 aliphatic heterocycles. The molecule has 0 spiro atoms. The van der Waals surface area contributed by atoms with E-state index in [1.54, 1.807) is 0 Å². The second-order valence-corrected chi connectivity index (χ2v) is 16.8. The van der Waals surface area contributed by atoms with Gasteiger partial charge in [-0.05, 0) is 121 Å². The molecule has 0 bridgehead atoms. The predicted molar refractivity (Wildman–Crippen MR) is 279 cm³/mol. The van der Waals surface area contributed by atoms with Gasteiger partial charge in [0.2, 0.25) is 0 Å². The second kappa shape index (κ2) is 16.8. The number of fused-ring (bicyclic) bond motifs is 5. The number of nitrogens with zero attached hydrogens (tertiary/aromatic N) is 1. The number of benzene rings is 11. The van der Waals surface area contributed by atoms with Gasteiger partial charge in [-0.1, -0.05) is 206 Å². The minimum Gasteiger partial charge on any atom is -0.455 e. The number of anilines is 3. The van der Waals surface area contributed by atoms with Crippen LogP contribution in [0.15, 0.2) is 265 Å². The van der Waals surface area contributed by atoms with Crippen molar-refractivity contribution in [3.05, 3.63) is 261 Å². The Kier molecular flexibility index (Phi) is 9.89. The molecule has 0 unspecified atom stereocenters. The van der Waals surface area contributed by atoms with E-state index in [0.29, 0.717) is 0 Å². The van der Waals surface area contributed by atoms with E-state index in [0.717, 1.165) is 66.6 Å². The minimum atomic E-state index is 0.875. The number of hydrogen-bond acceptors (Lipinski definition) is 2. The van der Waals surface area contributed by atoms with Crippen molar-refractivity contribution in [1.29, 1.82) is 0 Å². The molecule has 0 aliphatic carbocycles. The molecule has 0 aliphatic rings. The summed E-state index contributed by atoms with van der Waals surface area (Å²) in [6.07, 6.45) is 0. The third-order valence-corrected chi connectivity index (χ3v) is 12.9. The zero-order chi connectivity index (χ0) is 43.8. The van der Waals surface area contributed by atoms with Crippen LogP contribution in [0, 0.1) is 0 Å². The van der Waals surface area contributed by atoms with Crippen molar-refractivity contribution < 1.29 is 4.42 Å². The summed E-state index contributed by atoms with van der Waals surface area (Å²) < 4.78 is 6.70. The fraction of sp³-hybridized carbons (Fsp3) is 0. The standard InChI is InChI=1S/C64H43NO/c1-4-16-44(17-5-1)50-23-14-24-51(42-50)45-30-36-53(37-31-45)65(54-38-32-46(33-39-54)52-35-40-55(47-18-6-2-7-19-47)60(43-52)48-20-8-3-9-21-48)61-28-13-12-26-57(61)58-27-15-29-62-63(58)59-41-34-49-22-10-11-25-56(49)64(59)66-62/h1-43H. The molecule has 0 saturated carbocycles. The summed E-state index contributed by atoms with van der Waals surface area (Å²) in [5.74, 6) is 0. The lowest BCUT2D eigenvalue weighted by Crippen LogP contribution is -2.11. The van der Waals surface area contributed by atoms with Gasteiger partial charge in [-0.25, -0.2) is 0 Å². The predicted octanol–water partition coefficient (Wildman–Crippen LogP) is 18.2. The molecule has 0 atom stereocenters. The lowest BCUT2D eigenvalue weighted by atomic mass is 9.91. The molecule has 11 aromatic carbocycles. The van der Waals surface area contributed by atoms with Gasteiger partial charge in [-0.3, -0.25) is 0 Å². The molecule has 2 heteroatoms. The van der Waals surface area contributed by atoms with E-state index in [1.807, 2.05) is 0 Å². The average molecular weight is 842 g/mol. The van der Waals surface area contributed by atoms with Crippen LogP contribution in [0.4, 0.5) is 17.1 Å². The van der Waals surface area contributed by atoms with Crippen molar-refractivity contribution >= 4 is 49.8 Å². The fourth-order valence-corrected chi connectivity index (χ4v) is 9.67. The van der Waals surface area contributed by atoms with Gasteiger partial charge < -0.3 is 9.32 Å². The highest BCUT2D eigenvalue weighted by molar-refractivity contribution is 6.19. The Labute approximate surface area is 384 Å².